The van der Waals surface area contributed by atoms with Gasteiger partial charge in [-0.05, 0) is 18.1 Å². The number of carbonyl (C=O) groups is 3. The van der Waals surface area contributed by atoms with Crippen molar-refractivity contribution >= 4 is 28.9 Å². The van der Waals surface area contributed by atoms with Crippen molar-refractivity contribution in [2.45, 2.75) is 26.4 Å². The molecule has 1 aromatic carbocycles. The molecule has 1 aromatic heterocycles. The van der Waals surface area contributed by atoms with Crippen LogP contribution >= 0.6 is 0 Å². The van der Waals surface area contributed by atoms with E-state index in [4.69, 9.17) is 19.6 Å². The third-order valence-corrected chi connectivity index (χ3v) is 3.57. The molecule has 0 aliphatic rings. The summed E-state index contributed by atoms with van der Waals surface area (Å²) in [5.74, 6) is -1.05. The van der Waals surface area contributed by atoms with Crippen molar-refractivity contribution in [3.05, 3.63) is 30.0 Å². The zero-order valence-electron chi connectivity index (χ0n) is 14.2. The monoisotopic (exact) mass is 348 g/mol. The van der Waals surface area contributed by atoms with E-state index < -0.39 is 24.0 Å². The number of methoxy groups -OCH3 is 1. The Kier molecular flexibility index (Phi) is 5.63. The Balaban J connectivity index is 2.10. The van der Waals surface area contributed by atoms with E-state index in [9.17, 15) is 14.4 Å². The lowest BCUT2D eigenvalue weighted by Gasteiger charge is -2.19. The van der Waals surface area contributed by atoms with E-state index in [1.165, 1.54) is 6.26 Å². The van der Waals surface area contributed by atoms with Gasteiger partial charge in [0.2, 0.25) is 0 Å². The number of urea groups is 1. The molecule has 0 unspecified atom stereocenters. The third-order valence-electron chi connectivity index (χ3n) is 3.57. The number of esters is 1. The molecule has 0 saturated carbocycles. The van der Waals surface area contributed by atoms with E-state index in [0.717, 1.165) is 5.39 Å². The summed E-state index contributed by atoms with van der Waals surface area (Å²) in [6.07, 6.45) is 0.268. The lowest BCUT2D eigenvalue weighted by atomic mass is 10.1. The van der Waals surface area contributed by atoms with Gasteiger partial charge < -0.3 is 19.6 Å². The summed E-state index contributed by atoms with van der Waals surface area (Å²) in [6, 6.07) is 4.24. The summed E-state index contributed by atoms with van der Waals surface area (Å²) in [5, 5.41) is 2.67. The van der Waals surface area contributed by atoms with E-state index in [-0.39, 0.29) is 12.3 Å². The molecule has 3 amide bonds. The zero-order valence-corrected chi connectivity index (χ0v) is 14.2. The Bertz CT molecular complexity index is 796. The highest BCUT2D eigenvalue weighted by molar-refractivity contribution is 5.97. The average molecular weight is 348 g/mol. The number of ether oxygens (including phenoxy) is 2. The van der Waals surface area contributed by atoms with Crippen molar-refractivity contribution in [2.24, 2.45) is 11.7 Å². The molecule has 134 valence electrons. The minimum atomic E-state index is -1.11. The highest BCUT2D eigenvalue weighted by atomic mass is 16.5. The Morgan fingerprint density at radius 3 is 2.60 bits per heavy atom. The van der Waals surface area contributed by atoms with Gasteiger partial charge in [0.25, 0.3) is 5.91 Å². The number of primary amides is 1. The van der Waals surface area contributed by atoms with Crippen molar-refractivity contribution in [2.75, 3.05) is 7.11 Å². The number of fused-ring (bicyclic) bond motifs is 1. The van der Waals surface area contributed by atoms with Gasteiger partial charge in [-0.15, -0.1) is 0 Å². The fraction of sp³-hybridized carbons (Fsp3) is 0.353. The smallest absolute Gasteiger partial charge is 0.318 e. The van der Waals surface area contributed by atoms with E-state index in [0.29, 0.717) is 16.9 Å². The molecule has 0 spiro atoms. The van der Waals surface area contributed by atoms with Gasteiger partial charge in [-0.25, -0.2) is 4.79 Å². The van der Waals surface area contributed by atoms with Gasteiger partial charge in [0.15, 0.2) is 6.10 Å². The van der Waals surface area contributed by atoms with E-state index in [1.807, 2.05) is 5.32 Å². The van der Waals surface area contributed by atoms with Gasteiger partial charge in [-0.2, -0.15) is 0 Å². The van der Waals surface area contributed by atoms with E-state index >= 15 is 0 Å². The molecule has 0 aliphatic heterocycles. The second-order valence-electron chi connectivity index (χ2n) is 5.81. The number of carbonyl (C=O) groups excluding carboxylic acids is 3. The fourth-order valence-electron chi connectivity index (χ4n) is 2.35. The quantitative estimate of drug-likeness (QED) is 0.767. The maximum Gasteiger partial charge on any atom is 0.318 e. The lowest BCUT2D eigenvalue weighted by Crippen LogP contribution is -2.45. The second-order valence-corrected chi connectivity index (χ2v) is 5.81. The van der Waals surface area contributed by atoms with Crippen LogP contribution < -0.4 is 15.8 Å². The second kappa shape index (κ2) is 7.69. The number of rotatable bonds is 6. The topological polar surface area (TPSA) is 121 Å². The van der Waals surface area contributed by atoms with Crippen molar-refractivity contribution in [1.29, 1.82) is 0 Å². The predicted octanol–water partition coefficient (Wildman–Crippen LogP) is 1.75. The van der Waals surface area contributed by atoms with Gasteiger partial charge in [-0.1, -0.05) is 13.8 Å². The molecular weight excluding hydrogens is 328 g/mol. The molecule has 0 bridgehead atoms. The first kappa shape index (κ1) is 18.3. The normalized spacial score (nSPS) is 12.0. The van der Waals surface area contributed by atoms with Crippen molar-refractivity contribution in [1.82, 2.24) is 5.32 Å². The van der Waals surface area contributed by atoms with Gasteiger partial charge in [0, 0.05) is 17.0 Å². The molecule has 0 aliphatic carbocycles. The maximum atomic E-state index is 12.2. The summed E-state index contributed by atoms with van der Waals surface area (Å²) >= 11 is 0. The Hall–Kier alpha value is -3.03. The number of benzene rings is 1. The van der Waals surface area contributed by atoms with Crippen LogP contribution in [0.3, 0.4) is 0 Å². The van der Waals surface area contributed by atoms with Crippen molar-refractivity contribution in [3.63, 3.8) is 0 Å². The molecule has 8 heteroatoms. The van der Waals surface area contributed by atoms with Crippen LogP contribution in [0.1, 0.15) is 19.4 Å². The number of hydrogen-bond donors (Lipinski definition) is 2. The summed E-state index contributed by atoms with van der Waals surface area (Å²) < 4.78 is 15.7. The number of amides is 3. The molecule has 0 fully saturated rings. The fourth-order valence-corrected chi connectivity index (χ4v) is 2.35. The van der Waals surface area contributed by atoms with Gasteiger partial charge in [0.1, 0.15) is 11.3 Å². The van der Waals surface area contributed by atoms with E-state index in [1.54, 1.807) is 39.2 Å². The largest absolute Gasteiger partial charge is 0.497 e. The molecule has 3 N–H and O–H groups in total. The van der Waals surface area contributed by atoms with Crippen molar-refractivity contribution < 1.29 is 28.3 Å². The SMILES string of the molecule is COc1ccc2c(CC(=O)O[C@@H](C(=O)NC(N)=O)C(C)C)coc2c1. The first-order chi connectivity index (χ1) is 11.8. The Morgan fingerprint density at radius 1 is 1.28 bits per heavy atom. The number of nitrogens with two attached hydrogens (primary N) is 1. The summed E-state index contributed by atoms with van der Waals surface area (Å²) in [5.41, 5.74) is 6.13. The van der Waals surface area contributed by atoms with Crippen LogP contribution in [0.5, 0.6) is 5.75 Å². The van der Waals surface area contributed by atoms with Crippen LogP contribution in [0.25, 0.3) is 11.0 Å². The van der Waals surface area contributed by atoms with E-state index in [2.05, 4.69) is 0 Å². The van der Waals surface area contributed by atoms with Crippen LogP contribution in [0.2, 0.25) is 0 Å². The van der Waals surface area contributed by atoms with Crippen LogP contribution in [-0.2, 0) is 20.7 Å². The van der Waals surface area contributed by atoms with Gasteiger partial charge in [0.05, 0.1) is 19.8 Å². The molecule has 0 saturated heterocycles. The molecule has 0 radical (unpaired) electrons. The lowest BCUT2D eigenvalue weighted by molar-refractivity contribution is -0.157. The van der Waals surface area contributed by atoms with Crippen LogP contribution in [0, 0.1) is 5.92 Å². The molecule has 25 heavy (non-hydrogen) atoms. The molecule has 2 rings (SSSR count). The number of nitrogens with one attached hydrogen (secondary N) is 1. The van der Waals surface area contributed by atoms with Crippen LogP contribution in [0.15, 0.2) is 28.9 Å². The molecule has 1 heterocycles. The first-order valence-corrected chi connectivity index (χ1v) is 7.65. The minimum Gasteiger partial charge on any atom is -0.497 e. The summed E-state index contributed by atoms with van der Waals surface area (Å²) in [7, 11) is 1.55. The Labute approximate surface area is 144 Å². The van der Waals surface area contributed by atoms with Gasteiger partial charge >= 0.3 is 12.0 Å². The molecule has 2 aromatic rings. The highest BCUT2D eigenvalue weighted by Crippen LogP contribution is 2.26. The predicted molar refractivity (Wildman–Crippen MR) is 88.9 cm³/mol. The molecule has 1 atom stereocenters. The molecular formula is C17H20N2O6. The maximum absolute atomic E-state index is 12.2. The van der Waals surface area contributed by atoms with Crippen LogP contribution in [0.4, 0.5) is 4.79 Å². The summed E-state index contributed by atoms with van der Waals surface area (Å²) in [4.78, 5) is 34.9. The zero-order chi connectivity index (χ0) is 18.6. The number of furan rings is 1. The average Bonchev–Trinajstić information content (AvgIpc) is 2.93. The van der Waals surface area contributed by atoms with Gasteiger partial charge in [-0.3, -0.25) is 14.9 Å². The molecule has 8 nitrogen and oxygen atoms in total. The number of hydrogen-bond acceptors (Lipinski definition) is 6. The standard InChI is InChI=1S/C17H20N2O6/c1-9(2)15(16(21)19-17(18)22)25-14(20)6-10-8-24-13-7-11(23-3)4-5-12(10)13/h4-5,7-9,15H,6H2,1-3H3,(H3,18,19,21,22)/t15-/m1/s1. The first-order valence-electron chi connectivity index (χ1n) is 7.65. The summed E-state index contributed by atoms with van der Waals surface area (Å²) in [6.45, 7) is 3.39. The number of imide groups is 1. The third kappa shape index (κ3) is 4.50. The van der Waals surface area contributed by atoms with Crippen molar-refractivity contribution in [3.8, 4) is 5.75 Å². The van der Waals surface area contributed by atoms with Crippen LogP contribution in [-0.4, -0.2) is 31.1 Å². The Morgan fingerprint density at radius 2 is 2.00 bits per heavy atom. The minimum absolute atomic E-state index is 0.0770. The highest BCUT2D eigenvalue weighted by Gasteiger charge is 2.27.